The maximum absolute atomic E-state index is 13.3. The molecule has 182 valence electrons. The van der Waals surface area contributed by atoms with Crippen molar-refractivity contribution in [3.63, 3.8) is 0 Å². The van der Waals surface area contributed by atoms with Crippen LogP contribution in [0.15, 0.2) is 36.8 Å². The Morgan fingerprint density at radius 2 is 1.88 bits per heavy atom. The topological polar surface area (TPSA) is 191 Å². The molecule has 2 aromatic rings. The van der Waals surface area contributed by atoms with E-state index in [1.807, 2.05) is 0 Å². The minimum Gasteiger partial charge on any atom is -0.508 e. The van der Waals surface area contributed by atoms with Gasteiger partial charge in [-0.05, 0) is 30.5 Å². The van der Waals surface area contributed by atoms with Gasteiger partial charge in [0.05, 0.1) is 12.9 Å². The minimum absolute atomic E-state index is 0.0109. The summed E-state index contributed by atoms with van der Waals surface area (Å²) in [6.45, 7) is -0.00118. The molecule has 0 radical (unpaired) electrons. The first-order chi connectivity index (χ1) is 16.3. The molecule has 3 rings (SSSR count). The van der Waals surface area contributed by atoms with Gasteiger partial charge in [0.15, 0.2) is 0 Å². The largest absolute Gasteiger partial charge is 0.508 e. The van der Waals surface area contributed by atoms with Crippen molar-refractivity contribution in [1.29, 1.82) is 0 Å². The van der Waals surface area contributed by atoms with Crippen molar-refractivity contribution in [2.45, 2.75) is 43.8 Å². The van der Waals surface area contributed by atoms with Crippen LogP contribution in [0.1, 0.15) is 24.1 Å². The number of imidazole rings is 1. The van der Waals surface area contributed by atoms with E-state index < -0.39 is 41.8 Å². The van der Waals surface area contributed by atoms with E-state index >= 15 is 0 Å². The van der Waals surface area contributed by atoms with Crippen LogP contribution in [0.4, 0.5) is 0 Å². The molecule has 1 saturated heterocycles. The van der Waals surface area contributed by atoms with E-state index in [2.05, 4.69) is 20.6 Å². The summed E-state index contributed by atoms with van der Waals surface area (Å²) in [7, 11) is 0. The normalized spacial score (nSPS) is 17.1. The number of carboxylic acids is 1. The van der Waals surface area contributed by atoms with Gasteiger partial charge < -0.3 is 36.5 Å². The van der Waals surface area contributed by atoms with E-state index in [9.17, 15) is 29.4 Å². The molecule has 1 aliphatic rings. The second-order valence-corrected chi connectivity index (χ2v) is 8.06. The zero-order valence-electron chi connectivity index (χ0n) is 18.4. The number of amides is 3. The molecule has 12 nitrogen and oxygen atoms in total. The third-order valence-corrected chi connectivity index (χ3v) is 5.63. The van der Waals surface area contributed by atoms with Gasteiger partial charge in [-0.1, -0.05) is 12.1 Å². The number of benzene rings is 1. The summed E-state index contributed by atoms with van der Waals surface area (Å²) < 4.78 is 0. The average Bonchev–Trinajstić information content (AvgIpc) is 3.51. The van der Waals surface area contributed by atoms with Crippen molar-refractivity contribution in [2.75, 3.05) is 13.1 Å². The number of nitrogens with two attached hydrogens (primary N) is 1. The summed E-state index contributed by atoms with van der Waals surface area (Å²) in [6.07, 6.45) is 4.05. The standard InChI is InChI=1S/C22H28N6O6/c23-10-19(30)26-16(9-14-11-24-12-25-14)21(32)28-7-1-2-18(28)20(31)27-17(22(33)34)8-13-3-5-15(29)6-4-13/h3-6,11-12,16-18,29H,1-2,7-10,23H2,(H,24,25)(H,26,30)(H,27,31)(H,33,34). The van der Waals surface area contributed by atoms with Crippen LogP contribution in [0, 0.1) is 0 Å². The molecule has 1 aromatic heterocycles. The van der Waals surface area contributed by atoms with Crippen molar-refractivity contribution < 1.29 is 29.4 Å². The first-order valence-electron chi connectivity index (χ1n) is 10.9. The van der Waals surface area contributed by atoms with Crippen molar-refractivity contribution in [2.24, 2.45) is 5.73 Å². The number of phenolic OH excluding ortho intramolecular Hbond substituents is 1. The number of H-pyrrole nitrogens is 1. The number of rotatable bonds is 10. The lowest BCUT2D eigenvalue weighted by Gasteiger charge is -2.29. The van der Waals surface area contributed by atoms with Gasteiger partial charge in [0, 0.05) is 31.3 Å². The molecule has 1 fully saturated rings. The number of carbonyl (C=O) groups excluding carboxylic acids is 3. The van der Waals surface area contributed by atoms with Crippen LogP contribution in [0.5, 0.6) is 5.75 Å². The zero-order chi connectivity index (χ0) is 24.7. The predicted octanol–water partition coefficient (Wildman–Crippen LogP) is -1.10. The Kier molecular flexibility index (Phi) is 8.19. The lowest BCUT2D eigenvalue weighted by atomic mass is 10.0. The summed E-state index contributed by atoms with van der Waals surface area (Å²) in [6, 6.07) is 2.97. The maximum atomic E-state index is 13.3. The van der Waals surface area contributed by atoms with E-state index in [0.29, 0.717) is 30.6 Å². The van der Waals surface area contributed by atoms with E-state index in [4.69, 9.17) is 5.73 Å². The fraction of sp³-hybridized carbons (Fsp3) is 0.409. The lowest BCUT2D eigenvalue weighted by Crippen LogP contribution is -2.56. The number of hydrogen-bond donors (Lipinski definition) is 6. The van der Waals surface area contributed by atoms with Gasteiger partial charge in [-0.25, -0.2) is 9.78 Å². The number of aromatic amines is 1. The molecule has 7 N–H and O–H groups in total. The summed E-state index contributed by atoms with van der Waals surface area (Å²) in [5.41, 5.74) is 6.63. The fourth-order valence-electron chi connectivity index (χ4n) is 3.91. The smallest absolute Gasteiger partial charge is 0.326 e. The monoisotopic (exact) mass is 472 g/mol. The van der Waals surface area contributed by atoms with Crippen molar-refractivity contribution in [1.82, 2.24) is 25.5 Å². The molecule has 0 saturated carbocycles. The Morgan fingerprint density at radius 1 is 1.15 bits per heavy atom. The van der Waals surface area contributed by atoms with Gasteiger partial charge in [-0.15, -0.1) is 0 Å². The molecule has 1 aromatic carbocycles. The molecular weight excluding hydrogens is 444 g/mol. The summed E-state index contributed by atoms with van der Waals surface area (Å²) in [5.74, 6) is -2.73. The predicted molar refractivity (Wildman–Crippen MR) is 119 cm³/mol. The molecule has 1 aliphatic heterocycles. The maximum Gasteiger partial charge on any atom is 0.326 e. The molecule has 0 bridgehead atoms. The van der Waals surface area contributed by atoms with Gasteiger partial charge in [-0.2, -0.15) is 0 Å². The zero-order valence-corrected chi connectivity index (χ0v) is 18.4. The Morgan fingerprint density at radius 3 is 2.50 bits per heavy atom. The van der Waals surface area contributed by atoms with Gasteiger partial charge in [0.1, 0.15) is 23.9 Å². The van der Waals surface area contributed by atoms with Crippen LogP contribution in [-0.4, -0.2) is 80.0 Å². The Bertz CT molecular complexity index is 1010. The SMILES string of the molecule is NCC(=O)NC(Cc1cnc[nH]1)C(=O)N1CCCC1C(=O)NC(Cc1ccc(O)cc1)C(=O)O. The summed E-state index contributed by atoms with van der Waals surface area (Å²) in [5, 5.41) is 24.1. The number of nitrogens with zero attached hydrogens (tertiary/aromatic N) is 2. The highest BCUT2D eigenvalue weighted by Gasteiger charge is 2.39. The second-order valence-electron chi connectivity index (χ2n) is 8.06. The number of carbonyl (C=O) groups is 4. The Balaban J connectivity index is 1.71. The van der Waals surface area contributed by atoms with Crippen molar-refractivity contribution >= 4 is 23.7 Å². The number of hydrogen-bond acceptors (Lipinski definition) is 7. The van der Waals surface area contributed by atoms with Crippen LogP contribution in [0.25, 0.3) is 0 Å². The molecule has 34 heavy (non-hydrogen) atoms. The van der Waals surface area contributed by atoms with E-state index in [1.54, 1.807) is 12.1 Å². The number of phenols is 1. The lowest BCUT2D eigenvalue weighted by molar-refractivity contribution is -0.144. The average molecular weight is 473 g/mol. The Labute approximate surface area is 195 Å². The number of likely N-dealkylation sites (tertiary alicyclic amines) is 1. The minimum atomic E-state index is -1.22. The molecule has 12 heteroatoms. The highest BCUT2D eigenvalue weighted by molar-refractivity contribution is 5.94. The van der Waals surface area contributed by atoms with Crippen molar-refractivity contribution in [3.05, 3.63) is 48.0 Å². The summed E-state index contributed by atoms with van der Waals surface area (Å²) >= 11 is 0. The molecule has 3 amide bonds. The number of aliphatic carboxylic acids is 1. The molecule has 3 unspecified atom stereocenters. The van der Waals surface area contributed by atoms with Crippen LogP contribution >= 0.6 is 0 Å². The first kappa shape index (κ1) is 24.7. The van der Waals surface area contributed by atoms with Crippen LogP contribution in [0.3, 0.4) is 0 Å². The molecule has 0 aliphatic carbocycles. The quantitative estimate of drug-likeness (QED) is 0.251. The highest BCUT2D eigenvalue weighted by Crippen LogP contribution is 2.20. The highest BCUT2D eigenvalue weighted by atomic mass is 16.4. The van der Waals surface area contributed by atoms with E-state index in [-0.39, 0.29) is 25.1 Å². The first-order valence-corrected chi connectivity index (χ1v) is 10.9. The van der Waals surface area contributed by atoms with Gasteiger partial charge in [-0.3, -0.25) is 14.4 Å². The third kappa shape index (κ3) is 6.32. The molecule has 0 spiro atoms. The molecular formula is C22H28N6O6. The van der Waals surface area contributed by atoms with Crippen LogP contribution < -0.4 is 16.4 Å². The van der Waals surface area contributed by atoms with Gasteiger partial charge in [0.25, 0.3) is 0 Å². The molecule has 3 atom stereocenters. The van der Waals surface area contributed by atoms with E-state index in [1.165, 1.54) is 29.6 Å². The number of carboxylic acid groups (broad SMARTS) is 1. The number of nitrogens with one attached hydrogen (secondary N) is 3. The third-order valence-electron chi connectivity index (χ3n) is 5.63. The van der Waals surface area contributed by atoms with E-state index in [0.717, 1.165) is 0 Å². The van der Waals surface area contributed by atoms with Gasteiger partial charge >= 0.3 is 5.97 Å². The second kappa shape index (κ2) is 11.3. The fourth-order valence-corrected chi connectivity index (χ4v) is 3.91. The van der Waals surface area contributed by atoms with Crippen molar-refractivity contribution in [3.8, 4) is 5.75 Å². The summed E-state index contributed by atoms with van der Waals surface area (Å²) in [4.78, 5) is 58.1. The number of aromatic hydroxyl groups is 1. The number of aromatic nitrogens is 2. The molecule has 2 heterocycles. The Hall–Kier alpha value is -3.93. The van der Waals surface area contributed by atoms with Crippen LogP contribution in [-0.2, 0) is 32.0 Å². The van der Waals surface area contributed by atoms with Gasteiger partial charge in [0.2, 0.25) is 17.7 Å². The van der Waals surface area contributed by atoms with Crippen LogP contribution in [0.2, 0.25) is 0 Å².